The highest BCUT2D eigenvalue weighted by Gasteiger charge is 2.29. The summed E-state index contributed by atoms with van der Waals surface area (Å²) in [4.78, 5) is 27.8. The van der Waals surface area contributed by atoms with Crippen molar-refractivity contribution in [2.75, 3.05) is 18.8 Å². The minimum absolute atomic E-state index is 0.00855. The number of aryl methyl sites for hydroxylation is 1. The Balaban J connectivity index is 1.24. The lowest BCUT2D eigenvalue weighted by Gasteiger charge is -2.33. The number of likely N-dealkylation sites (tertiary alicyclic amines) is 1. The molecule has 0 saturated carbocycles. The predicted octanol–water partition coefficient (Wildman–Crippen LogP) is 4.94. The number of nitrogens with zero attached hydrogens (tertiary/aromatic N) is 7. The van der Waals surface area contributed by atoms with Gasteiger partial charge in [0.2, 0.25) is 5.91 Å². The molecular weight excluding hydrogens is 564 g/mol. The number of nitrogen functional groups attached to an aromatic ring is 1. The van der Waals surface area contributed by atoms with E-state index in [0.29, 0.717) is 40.2 Å². The van der Waals surface area contributed by atoms with Crippen LogP contribution in [-0.4, -0.2) is 59.2 Å². The number of rotatable bonds is 7. The first-order chi connectivity index (χ1) is 21.4. The van der Waals surface area contributed by atoms with Gasteiger partial charge in [-0.3, -0.25) is 9.36 Å². The van der Waals surface area contributed by atoms with E-state index in [1.807, 2.05) is 15.5 Å². The number of alkyl halides is 2. The maximum atomic E-state index is 13.2. The van der Waals surface area contributed by atoms with E-state index in [-0.39, 0.29) is 17.6 Å². The number of carbonyl (C=O) groups is 1. The van der Waals surface area contributed by atoms with Crippen molar-refractivity contribution in [1.82, 2.24) is 39.5 Å². The first-order valence-electron chi connectivity index (χ1n) is 14.6. The van der Waals surface area contributed by atoms with Crippen molar-refractivity contribution in [2.45, 2.75) is 44.2 Å². The summed E-state index contributed by atoms with van der Waals surface area (Å²) < 4.78 is 29.8. The normalized spacial score (nSPS) is 17.0. The van der Waals surface area contributed by atoms with Gasteiger partial charge in [-0.15, -0.1) is 0 Å². The average Bonchev–Trinajstić information content (AvgIpc) is 3.78. The van der Waals surface area contributed by atoms with Crippen LogP contribution >= 0.6 is 0 Å². The fourth-order valence-corrected chi connectivity index (χ4v) is 6.29. The van der Waals surface area contributed by atoms with Crippen LogP contribution < -0.4 is 11.1 Å². The van der Waals surface area contributed by atoms with E-state index in [9.17, 15) is 13.6 Å². The maximum absolute atomic E-state index is 13.2. The Morgan fingerprint density at radius 1 is 1.09 bits per heavy atom. The Morgan fingerprint density at radius 2 is 1.93 bits per heavy atom. The first kappa shape index (κ1) is 27.8. The number of carbonyl (C=O) groups excluding carboxylic acids is 1. The number of anilines is 1. The molecule has 0 radical (unpaired) electrons. The summed E-state index contributed by atoms with van der Waals surface area (Å²) >= 11 is 0. The number of halogens is 2. The van der Waals surface area contributed by atoms with Crippen LogP contribution in [0.4, 0.5) is 14.6 Å². The van der Waals surface area contributed by atoms with Gasteiger partial charge in [-0.2, -0.15) is 5.10 Å². The molecule has 0 spiro atoms. The van der Waals surface area contributed by atoms with Crippen LogP contribution in [0.5, 0.6) is 0 Å². The molecule has 4 aromatic heterocycles. The average molecular weight is 596 g/mol. The number of aromatic nitrogens is 6. The molecule has 1 aromatic carbocycles. The molecular formula is C32H31F2N9O. The zero-order chi connectivity index (χ0) is 30.4. The molecule has 12 heteroatoms. The number of hydrogen-bond donors (Lipinski definition) is 2. The van der Waals surface area contributed by atoms with Gasteiger partial charge in [-0.25, -0.2) is 28.4 Å². The van der Waals surface area contributed by atoms with Crippen LogP contribution in [0.3, 0.4) is 0 Å². The van der Waals surface area contributed by atoms with Crippen molar-refractivity contribution in [2.24, 2.45) is 0 Å². The third kappa shape index (κ3) is 5.00. The highest BCUT2D eigenvalue weighted by Crippen LogP contribution is 2.36. The standard InChI is InChI=1S/C32H31F2N9O/c1-2-28(44)41-15-11-20(12-16-41)37-24-8-5-19-18-21(6-7-22(19)24)43-31(23-4-3-14-36-30(23)35)38-26-9-10-27(39-32(26)43)42-17-13-25(40-42)29(33)34/h2-4,6-7,9-10,13-14,17-18,20,24,29,37H,1,5,8,11-12,15-16H2,(H2,35,36)/t24-/m0/s1. The molecule has 2 aliphatic rings. The molecule has 1 fully saturated rings. The van der Waals surface area contributed by atoms with E-state index in [0.717, 1.165) is 44.5 Å². The van der Waals surface area contributed by atoms with Crippen LogP contribution in [0.25, 0.3) is 34.1 Å². The predicted molar refractivity (Wildman–Crippen MR) is 163 cm³/mol. The summed E-state index contributed by atoms with van der Waals surface area (Å²) in [5.74, 6) is 1.30. The van der Waals surface area contributed by atoms with Crippen molar-refractivity contribution in [3.8, 4) is 22.9 Å². The zero-order valence-corrected chi connectivity index (χ0v) is 23.9. The van der Waals surface area contributed by atoms with E-state index in [1.54, 1.807) is 24.4 Å². The van der Waals surface area contributed by atoms with Crippen molar-refractivity contribution in [1.29, 1.82) is 0 Å². The second-order valence-electron chi connectivity index (χ2n) is 11.1. The summed E-state index contributed by atoms with van der Waals surface area (Å²) in [5.41, 5.74) is 11.2. The van der Waals surface area contributed by atoms with Crippen LogP contribution in [-0.2, 0) is 11.2 Å². The van der Waals surface area contributed by atoms with Crippen LogP contribution in [0.2, 0.25) is 0 Å². The molecule has 1 amide bonds. The molecule has 10 nitrogen and oxygen atoms in total. The minimum Gasteiger partial charge on any atom is -0.383 e. The van der Waals surface area contributed by atoms with Crippen LogP contribution in [0, 0.1) is 0 Å². The molecule has 5 aromatic rings. The molecule has 1 atom stereocenters. The molecule has 5 heterocycles. The number of piperidine rings is 1. The van der Waals surface area contributed by atoms with Crippen molar-refractivity contribution in [3.63, 3.8) is 0 Å². The summed E-state index contributed by atoms with van der Waals surface area (Å²) in [6.45, 7) is 5.06. The molecule has 0 bridgehead atoms. The van der Waals surface area contributed by atoms with Crippen molar-refractivity contribution in [3.05, 3.63) is 90.4 Å². The third-order valence-corrected chi connectivity index (χ3v) is 8.52. The molecule has 1 aliphatic heterocycles. The van der Waals surface area contributed by atoms with E-state index in [4.69, 9.17) is 15.7 Å². The maximum Gasteiger partial charge on any atom is 0.282 e. The Labute approximate surface area is 252 Å². The number of nitrogens with one attached hydrogen (secondary N) is 1. The topological polar surface area (TPSA) is 120 Å². The summed E-state index contributed by atoms with van der Waals surface area (Å²) in [6.07, 6.45) is 5.51. The van der Waals surface area contributed by atoms with E-state index in [1.165, 1.54) is 34.1 Å². The Kier molecular flexibility index (Phi) is 7.13. The summed E-state index contributed by atoms with van der Waals surface area (Å²) in [7, 11) is 0. The number of fused-ring (bicyclic) bond motifs is 2. The number of imidazole rings is 1. The number of nitrogens with two attached hydrogens (primary N) is 1. The molecule has 3 N–H and O–H groups in total. The highest BCUT2D eigenvalue weighted by molar-refractivity contribution is 5.87. The Hall–Kier alpha value is -4.97. The van der Waals surface area contributed by atoms with Crippen molar-refractivity contribution < 1.29 is 13.6 Å². The van der Waals surface area contributed by atoms with Gasteiger partial charge in [-0.05, 0) is 85.4 Å². The molecule has 0 unspecified atom stereocenters. The van der Waals surface area contributed by atoms with Crippen molar-refractivity contribution >= 4 is 22.9 Å². The summed E-state index contributed by atoms with van der Waals surface area (Å²) in [5, 5.41) is 7.84. The lowest BCUT2D eigenvalue weighted by Crippen LogP contribution is -2.45. The summed E-state index contributed by atoms with van der Waals surface area (Å²) in [6, 6.07) is 15.4. The van der Waals surface area contributed by atoms with Gasteiger partial charge < -0.3 is 16.0 Å². The highest BCUT2D eigenvalue weighted by atomic mass is 19.3. The molecule has 224 valence electrons. The number of amides is 1. The Bertz CT molecular complexity index is 1870. The zero-order valence-electron chi connectivity index (χ0n) is 23.9. The van der Waals surface area contributed by atoms with Crippen LogP contribution in [0.15, 0.2) is 73.6 Å². The van der Waals surface area contributed by atoms with Gasteiger partial charge >= 0.3 is 0 Å². The largest absolute Gasteiger partial charge is 0.383 e. The van der Waals surface area contributed by atoms with Gasteiger partial charge in [0.1, 0.15) is 17.0 Å². The van der Waals surface area contributed by atoms with Gasteiger partial charge in [0.25, 0.3) is 6.43 Å². The number of benzene rings is 1. The van der Waals surface area contributed by atoms with Gasteiger partial charge in [0.05, 0.1) is 5.56 Å². The fraction of sp³-hybridized carbons (Fsp3) is 0.281. The second kappa shape index (κ2) is 11.3. The number of pyridine rings is 2. The molecule has 7 rings (SSSR count). The van der Waals surface area contributed by atoms with Gasteiger partial charge in [0, 0.05) is 43.3 Å². The third-order valence-electron chi connectivity index (χ3n) is 8.52. The lowest BCUT2D eigenvalue weighted by molar-refractivity contribution is -0.127. The van der Waals surface area contributed by atoms with Crippen LogP contribution in [0.1, 0.15) is 48.6 Å². The monoisotopic (exact) mass is 595 g/mol. The number of hydrogen-bond acceptors (Lipinski definition) is 7. The second-order valence-corrected chi connectivity index (χ2v) is 11.1. The van der Waals surface area contributed by atoms with E-state index >= 15 is 0 Å². The molecule has 1 aliphatic carbocycles. The fourth-order valence-electron chi connectivity index (χ4n) is 6.29. The van der Waals surface area contributed by atoms with E-state index < -0.39 is 6.43 Å². The van der Waals surface area contributed by atoms with E-state index in [2.05, 4.69) is 40.2 Å². The SMILES string of the molecule is C=CC(=O)N1CCC(N[C@H]2CCc3cc(-n4c(-c5cccnc5N)nc5ccc(-n6ccc(C(F)F)n6)nc54)ccc32)CC1. The smallest absolute Gasteiger partial charge is 0.282 e. The quantitative estimate of drug-likeness (QED) is 0.256. The minimum atomic E-state index is -2.68. The lowest BCUT2D eigenvalue weighted by atomic mass is 10.0. The molecule has 44 heavy (non-hydrogen) atoms. The first-order valence-corrected chi connectivity index (χ1v) is 14.6. The molecule has 1 saturated heterocycles. The van der Waals surface area contributed by atoms with Gasteiger partial charge in [0.15, 0.2) is 17.3 Å². The van der Waals surface area contributed by atoms with Gasteiger partial charge in [-0.1, -0.05) is 12.6 Å². The Morgan fingerprint density at radius 3 is 2.68 bits per heavy atom.